The van der Waals surface area contributed by atoms with Crippen LogP contribution in [0.15, 0.2) is 6.07 Å². The van der Waals surface area contributed by atoms with E-state index < -0.39 is 0 Å². The molecule has 1 aliphatic rings. The van der Waals surface area contributed by atoms with Crippen LogP contribution < -0.4 is 5.32 Å². The summed E-state index contributed by atoms with van der Waals surface area (Å²) in [6.07, 6.45) is 2.15. The lowest BCUT2D eigenvalue weighted by atomic mass is 10.2. The summed E-state index contributed by atoms with van der Waals surface area (Å²) in [5, 5.41) is 3.32. The van der Waals surface area contributed by atoms with Crippen molar-refractivity contribution >= 4 is 5.82 Å². The Morgan fingerprint density at radius 2 is 2.05 bits per heavy atom. The van der Waals surface area contributed by atoms with E-state index in [0.29, 0.717) is 0 Å². The van der Waals surface area contributed by atoms with Gasteiger partial charge in [0.15, 0.2) is 0 Å². The van der Waals surface area contributed by atoms with Crippen molar-refractivity contribution in [2.75, 3.05) is 45.6 Å². The first-order chi connectivity index (χ1) is 9.63. The lowest BCUT2D eigenvalue weighted by Crippen LogP contribution is -2.32. The molecule has 0 bridgehead atoms. The average molecular weight is 277 g/mol. The maximum absolute atomic E-state index is 4.76. The molecule has 0 spiro atoms. The zero-order chi connectivity index (χ0) is 14.5. The summed E-state index contributed by atoms with van der Waals surface area (Å²) in [4.78, 5) is 14.3. The highest BCUT2D eigenvalue weighted by molar-refractivity contribution is 5.36. The van der Waals surface area contributed by atoms with Gasteiger partial charge in [-0.2, -0.15) is 0 Å². The van der Waals surface area contributed by atoms with E-state index in [1.807, 2.05) is 0 Å². The minimum Gasteiger partial charge on any atom is -0.370 e. The van der Waals surface area contributed by atoms with Gasteiger partial charge in [-0.25, -0.2) is 9.97 Å². The van der Waals surface area contributed by atoms with E-state index in [1.54, 1.807) is 0 Å². The Hall–Kier alpha value is -1.20. The molecule has 1 atom stereocenters. The maximum atomic E-state index is 4.76. The molecule has 5 heteroatoms. The third-order valence-electron chi connectivity index (χ3n) is 3.88. The van der Waals surface area contributed by atoms with Crippen LogP contribution in [-0.4, -0.2) is 60.0 Å². The van der Waals surface area contributed by atoms with Gasteiger partial charge < -0.3 is 10.2 Å². The van der Waals surface area contributed by atoms with E-state index in [9.17, 15) is 0 Å². The predicted molar refractivity (Wildman–Crippen MR) is 83.1 cm³/mol. The molecule has 5 nitrogen and oxygen atoms in total. The van der Waals surface area contributed by atoms with Gasteiger partial charge in [-0.15, -0.1) is 0 Å². The summed E-state index contributed by atoms with van der Waals surface area (Å²) >= 11 is 0. The number of nitrogens with one attached hydrogen (secondary N) is 1. The molecule has 0 amide bonds. The molecule has 1 unspecified atom stereocenters. The molecule has 0 radical (unpaired) electrons. The monoisotopic (exact) mass is 277 g/mol. The Morgan fingerprint density at radius 3 is 2.75 bits per heavy atom. The van der Waals surface area contributed by atoms with E-state index >= 15 is 0 Å². The number of likely N-dealkylation sites (N-methyl/N-ethyl adjacent to an activating group) is 2. The second-order valence-electron chi connectivity index (χ2n) is 5.60. The summed E-state index contributed by atoms with van der Waals surface area (Å²) in [5.41, 5.74) is 1.12. The SMILES string of the molecule is CCNc1cc(CC)nc(C2CN(C)CCCN2C)n1. The molecule has 2 rings (SSSR count). The zero-order valence-electron chi connectivity index (χ0n) is 13.2. The minimum atomic E-state index is 0.284. The molecule has 1 N–H and O–H groups in total. The van der Waals surface area contributed by atoms with E-state index in [0.717, 1.165) is 49.9 Å². The number of aromatic nitrogens is 2. The fourth-order valence-corrected chi connectivity index (χ4v) is 2.67. The van der Waals surface area contributed by atoms with Crippen molar-refractivity contribution in [3.05, 3.63) is 17.6 Å². The fraction of sp³-hybridized carbons (Fsp3) is 0.733. The highest BCUT2D eigenvalue weighted by atomic mass is 15.2. The van der Waals surface area contributed by atoms with Gasteiger partial charge in [0.25, 0.3) is 0 Å². The number of rotatable bonds is 4. The molecule has 1 aromatic rings. The number of anilines is 1. The van der Waals surface area contributed by atoms with Crippen molar-refractivity contribution in [3.63, 3.8) is 0 Å². The lowest BCUT2D eigenvalue weighted by Gasteiger charge is -2.26. The number of hydrogen-bond donors (Lipinski definition) is 1. The van der Waals surface area contributed by atoms with Gasteiger partial charge in [-0.05, 0) is 47.0 Å². The predicted octanol–water partition coefficient (Wildman–Crippen LogP) is 1.78. The van der Waals surface area contributed by atoms with Gasteiger partial charge >= 0.3 is 0 Å². The third-order valence-corrected chi connectivity index (χ3v) is 3.88. The molecular formula is C15H27N5. The van der Waals surface area contributed by atoms with E-state index in [2.05, 4.69) is 49.1 Å². The Bertz CT molecular complexity index is 434. The van der Waals surface area contributed by atoms with Gasteiger partial charge in [0, 0.05) is 24.8 Å². The summed E-state index contributed by atoms with van der Waals surface area (Å²) in [7, 11) is 4.36. The minimum absolute atomic E-state index is 0.284. The molecule has 112 valence electrons. The standard InChI is InChI=1S/C15H27N5/c1-5-12-10-14(16-6-2)18-15(17-12)13-11-19(3)8-7-9-20(13)4/h10,13H,5-9,11H2,1-4H3,(H,16,17,18). The molecular weight excluding hydrogens is 250 g/mol. The quantitative estimate of drug-likeness (QED) is 0.909. The van der Waals surface area contributed by atoms with Crippen molar-refractivity contribution < 1.29 is 0 Å². The van der Waals surface area contributed by atoms with Gasteiger partial charge in [-0.1, -0.05) is 6.92 Å². The first-order valence-corrected chi connectivity index (χ1v) is 7.64. The average Bonchev–Trinajstić information content (AvgIpc) is 2.60. The number of hydrogen-bond acceptors (Lipinski definition) is 5. The molecule has 0 aromatic carbocycles. The normalized spacial score (nSPS) is 21.7. The largest absolute Gasteiger partial charge is 0.370 e. The topological polar surface area (TPSA) is 44.3 Å². The maximum Gasteiger partial charge on any atom is 0.149 e. The van der Waals surface area contributed by atoms with E-state index in [4.69, 9.17) is 9.97 Å². The summed E-state index contributed by atoms with van der Waals surface area (Å²) in [6, 6.07) is 2.35. The van der Waals surface area contributed by atoms with E-state index in [1.165, 1.54) is 6.42 Å². The summed E-state index contributed by atoms with van der Waals surface area (Å²) < 4.78 is 0. The molecule has 1 saturated heterocycles. The van der Waals surface area contributed by atoms with Crippen molar-refractivity contribution in [1.29, 1.82) is 0 Å². The highest BCUT2D eigenvalue weighted by Crippen LogP contribution is 2.22. The number of aryl methyl sites for hydroxylation is 1. The van der Waals surface area contributed by atoms with Gasteiger partial charge in [0.2, 0.25) is 0 Å². The Kier molecular flexibility index (Phi) is 5.31. The van der Waals surface area contributed by atoms with Gasteiger partial charge in [-0.3, -0.25) is 4.90 Å². The highest BCUT2D eigenvalue weighted by Gasteiger charge is 2.25. The lowest BCUT2D eigenvalue weighted by molar-refractivity contribution is 0.219. The van der Waals surface area contributed by atoms with Crippen LogP contribution in [0.1, 0.15) is 37.8 Å². The molecule has 0 aliphatic carbocycles. The van der Waals surface area contributed by atoms with Crippen LogP contribution in [0.3, 0.4) is 0 Å². The smallest absolute Gasteiger partial charge is 0.149 e. The zero-order valence-corrected chi connectivity index (χ0v) is 13.2. The first-order valence-electron chi connectivity index (χ1n) is 7.64. The van der Waals surface area contributed by atoms with Crippen LogP contribution in [0.25, 0.3) is 0 Å². The fourth-order valence-electron chi connectivity index (χ4n) is 2.67. The first kappa shape index (κ1) is 15.2. The van der Waals surface area contributed by atoms with Crippen LogP contribution in [0.4, 0.5) is 5.82 Å². The van der Waals surface area contributed by atoms with Crippen molar-refractivity contribution in [3.8, 4) is 0 Å². The van der Waals surface area contributed by atoms with Gasteiger partial charge in [0.05, 0.1) is 6.04 Å². The second kappa shape index (κ2) is 6.99. The van der Waals surface area contributed by atoms with Crippen molar-refractivity contribution in [2.45, 2.75) is 32.7 Å². The summed E-state index contributed by atoms with van der Waals surface area (Å²) in [6.45, 7) is 8.37. The Labute approximate surface area is 122 Å². The molecule has 1 aromatic heterocycles. The molecule has 20 heavy (non-hydrogen) atoms. The van der Waals surface area contributed by atoms with Crippen LogP contribution in [0, 0.1) is 0 Å². The molecule has 0 saturated carbocycles. The Balaban J connectivity index is 2.30. The third kappa shape index (κ3) is 3.67. The molecule has 1 aliphatic heterocycles. The van der Waals surface area contributed by atoms with Crippen molar-refractivity contribution in [2.24, 2.45) is 0 Å². The van der Waals surface area contributed by atoms with Crippen molar-refractivity contribution in [1.82, 2.24) is 19.8 Å². The Morgan fingerprint density at radius 1 is 1.25 bits per heavy atom. The molecule has 1 fully saturated rings. The van der Waals surface area contributed by atoms with Crippen LogP contribution in [-0.2, 0) is 6.42 Å². The number of nitrogens with zero attached hydrogens (tertiary/aromatic N) is 4. The van der Waals surface area contributed by atoms with E-state index in [-0.39, 0.29) is 6.04 Å². The van der Waals surface area contributed by atoms with Crippen LogP contribution >= 0.6 is 0 Å². The summed E-state index contributed by atoms with van der Waals surface area (Å²) in [5.74, 6) is 1.91. The second-order valence-corrected chi connectivity index (χ2v) is 5.60. The van der Waals surface area contributed by atoms with Gasteiger partial charge in [0.1, 0.15) is 11.6 Å². The van der Waals surface area contributed by atoms with Crippen LogP contribution in [0.5, 0.6) is 0 Å². The molecule has 2 heterocycles. The van der Waals surface area contributed by atoms with Crippen LogP contribution in [0.2, 0.25) is 0 Å².